The highest BCUT2D eigenvalue weighted by molar-refractivity contribution is 5.95. The fourth-order valence-electron chi connectivity index (χ4n) is 6.38. The maximum Gasteiger partial charge on any atom is 0.306 e. The molecule has 156 valence electrons. The average molecular weight is 392 g/mol. The Hall–Kier alpha value is -1.69. The molecule has 1 aliphatic heterocycles. The second kappa shape index (κ2) is 6.68. The Balaban J connectivity index is 2.04. The molecule has 6 heteroatoms. The van der Waals surface area contributed by atoms with Gasteiger partial charge in [-0.3, -0.25) is 14.4 Å². The molecular weight excluding hydrogens is 360 g/mol. The highest BCUT2D eigenvalue weighted by atomic mass is 16.5. The lowest BCUT2D eigenvalue weighted by atomic mass is 9.46. The van der Waals surface area contributed by atoms with E-state index < -0.39 is 28.0 Å². The number of rotatable bonds is 4. The number of esters is 1. The summed E-state index contributed by atoms with van der Waals surface area (Å²) >= 11 is 0. The monoisotopic (exact) mass is 392 g/mol. The minimum Gasteiger partial charge on any atom is -0.481 e. The van der Waals surface area contributed by atoms with Crippen LogP contribution in [0.3, 0.4) is 0 Å². The van der Waals surface area contributed by atoms with Crippen LogP contribution in [0.5, 0.6) is 0 Å². The van der Waals surface area contributed by atoms with Crippen LogP contribution in [0.25, 0.3) is 0 Å². The molecule has 3 aliphatic rings. The van der Waals surface area contributed by atoms with E-state index >= 15 is 0 Å². The standard InChI is InChI=1S/C22H32O6/c1-14-11-16(24)18-19(3,13-27-15(2)23)7-6-8-21(18,5)22(14)10-9-20(4,28-22)12-17(25)26/h11,18H,6-10,12-13H2,1-5H3,(H,25,26). The molecule has 28 heavy (non-hydrogen) atoms. The van der Waals surface area contributed by atoms with E-state index in [0.29, 0.717) is 12.8 Å². The molecule has 5 unspecified atom stereocenters. The molecule has 5 atom stereocenters. The highest BCUT2D eigenvalue weighted by Crippen LogP contribution is 2.65. The third-order valence-electron chi connectivity index (χ3n) is 7.54. The Morgan fingerprint density at radius 1 is 1.21 bits per heavy atom. The predicted octanol–water partition coefficient (Wildman–Crippen LogP) is 3.67. The van der Waals surface area contributed by atoms with Crippen LogP contribution in [0.4, 0.5) is 0 Å². The largest absolute Gasteiger partial charge is 0.481 e. The summed E-state index contributed by atoms with van der Waals surface area (Å²) in [5.74, 6) is -1.48. The van der Waals surface area contributed by atoms with Gasteiger partial charge in [0.1, 0.15) is 0 Å². The lowest BCUT2D eigenvalue weighted by Crippen LogP contribution is -2.63. The van der Waals surface area contributed by atoms with E-state index in [4.69, 9.17) is 9.47 Å². The molecule has 1 heterocycles. The van der Waals surface area contributed by atoms with E-state index in [1.165, 1.54) is 6.92 Å². The van der Waals surface area contributed by atoms with E-state index in [9.17, 15) is 19.5 Å². The maximum absolute atomic E-state index is 13.2. The molecule has 1 N–H and O–H groups in total. The molecular formula is C22H32O6. The van der Waals surface area contributed by atoms with Gasteiger partial charge in [-0.05, 0) is 51.2 Å². The molecule has 0 aromatic rings. The van der Waals surface area contributed by atoms with Crippen LogP contribution in [0.2, 0.25) is 0 Å². The van der Waals surface area contributed by atoms with Crippen molar-refractivity contribution in [3.63, 3.8) is 0 Å². The van der Waals surface area contributed by atoms with Gasteiger partial charge in [-0.1, -0.05) is 20.3 Å². The predicted molar refractivity (Wildman–Crippen MR) is 103 cm³/mol. The first kappa shape index (κ1) is 21.0. The Morgan fingerprint density at radius 2 is 1.89 bits per heavy atom. The number of fused-ring (bicyclic) bond motifs is 2. The molecule has 0 radical (unpaired) electrons. The summed E-state index contributed by atoms with van der Waals surface area (Å²) in [4.78, 5) is 36.0. The summed E-state index contributed by atoms with van der Waals surface area (Å²) in [6, 6.07) is 0. The molecule has 6 nitrogen and oxygen atoms in total. The number of ketones is 1. The van der Waals surface area contributed by atoms with Gasteiger partial charge in [0.05, 0.1) is 24.2 Å². The number of hydrogen-bond acceptors (Lipinski definition) is 5. The SMILES string of the molecule is CC(=O)OCC1(C)CCCC2(C)C1C(=O)C=C(C)C21CCC(C)(CC(=O)O)O1. The Bertz CT molecular complexity index is 741. The van der Waals surface area contributed by atoms with Crippen molar-refractivity contribution in [2.75, 3.05) is 6.61 Å². The first-order chi connectivity index (χ1) is 12.9. The normalized spacial score (nSPS) is 42.8. The maximum atomic E-state index is 13.2. The number of carbonyl (C=O) groups is 3. The molecule has 0 aromatic carbocycles. The second-order valence-electron chi connectivity index (χ2n) is 9.82. The molecule has 1 saturated heterocycles. The summed E-state index contributed by atoms with van der Waals surface area (Å²) in [5.41, 5.74) is -1.45. The fraction of sp³-hybridized carbons (Fsp3) is 0.773. The van der Waals surface area contributed by atoms with Gasteiger partial charge in [-0.15, -0.1) is 0 Å². The summed E-state index contributed by atoms with van der Waals surface area (Å²) < 4.78 is 12.0. The van der Waals surface area contributed by atoms with Crippen LogP contribution in [0.15, 0.2) is 11.6 Å². The topological polar surface area (TPSA) is 89.9 Å². The van der Waals surface area contributed by atoms with Crippen LogP contribution >= 0.6 is 0 Å². The van der Waals surface area contributed by atoms with Crippen molar-refractivity contribution in [3.05, 3.63) is 11.6 Å². The number of carbonyl (C=O) groups excluding carboxylic acids is 2. The van der Waals surface area contributed by atoms with Crippen molar-refractivity contribution in [2.24, 2.45) is 16.7 Å². The van der Waals surface area contributed by atoms with Gasteiger partial charge < -0.3 is 14.6 Å². The number of allylic oxidation sites excluding steroid dienone is 1. The number of carboxylic acid groups (broad SMARTS) is 1. The van der Waals surface area contributed by atoms with Crippen molar-refractivity contribution in [1.29, 1.82) is 0 Å². The molecule has 0 bridgehead atoms. The van der Waals surface area contributed by atoms with Gasteiger partial charge in [-0.25, -0.2) is 0 Å². The molecule has 0 aromatic heterocycles. The molecule has 0 amide bonds. The Labute approximate surface area is 166 Å². The third kappa shape index (κ3) is 3.10. The van der Waals surface area contributed by atoms with Crippen LogP contribution in [0.1, 0.15) is 73.1 Å². The molecule has 2 fully saturated rings. The molecule has 3 rings (SSSR count). The van der Waals surface area contributed by atoms with E-state index in [-0.39, 0.29) is 30.7 Å². The van der Waals surface area contributed by atoms with Crippen LogP contribution in [-0.4, -0.2) is 40.6 Å². The molecule has 1 saturated carbocycles. The van der Waals surface area contributed by atoms with Crippen molar-refractivity contribution >= 4 is 17.7 Å². The Morgan fingerprint density at radius 3 is 2.50 bits per heavy atom. The Kier molecular flexibility index (Phi) is 5.02. The average Bonchev–Trinajstić information content (AvgIpc) is 2.90. The second-order valence-corrected chi connectivity index (χ2v) is 9.82. The smallest absolute Gasteiger partial charge is 0.306 e. The van der Waals surface area contributed by atoms with Gasteiger partial charge in [-0.2, -0.15) is 0 Å². The van der Waals surface area contributed by atoms with Crippen LogP contribution in [0, 0.1) is 16.7 Å². The van der Waals surface area contributed by atoms with Crippen molar-refractivity contribution in [3.8, 4) is 0 Å². The fourth-order valence-corrected chi connectivity index (χ4v) is 6.38. The van der Waals surface area contributed by atoms with Crippen molar-refractivity contribution in [1.82, 2.24) is 0 Å². The first-order valence-corrected chi connectivity index (χ1v) is 10.2. The molecule has 1 spiro atoms. The van der Waals surface area contributed by atoms with Gasteiger partial charge in [0.25, 0.3) is 0 Å². The number of carboxylic acids is 1. The lowest BCUT2D eigenvalue weighted by Gasteiger charge is -2.60. The van der Waals surface area contributed by atoms with Gasteiger partial charge in [0.15, 0.2) is 5.78 Å². The van der Waals surface area contributed by atoms with Crippen molar-refractivity contribution < 1.29 is 29.0 Å². The summed E-state index contributed by atoms with van der Waals surface area (Å²) in [6.45, 7) is 9.54. The minimum absolute atomic E-state index is 0.0541. The van der Waals surface area contributed by atoms with E-state index in [0.717, 1.165) is 24.8 Å². The van der Waals surface area contributed by atoms with E-state index in [2.05, 4.69) is 6.92 Å². The van der Waals surface area contributed by atoms with Gasteiger partial charge >= 0.3 is 11.9 Å². The van der Waals surface area contributed by atoms with Gasteiger partial charge in [0, 0.05) is 23.7 Å². The lowest BCUT2D eigenvalue weighted by molar-refractivity contribution is -0.201. The zero-order valence-electron chi connectivity index (χ0n) is 17.6. The summed E-state index contributed by atoms with van der Waals surface area (Å²) in [6.07, 6.45) is 5.52. The molecule has 2 aliphatic carbocycles. The quantitative estimate of drug-likeness (QED) is 0.734. The third-order valence-corrected chi connectivity index (χ3v) is 7.54. The summed E-state index contributed by atoms with van der Waals surface area (Å²) in [5, 5.41) is 9.34. The van der Waals surface area contributed by atoms with Crippen molar-refractivity contribution in [2.45, 2.75) is 84.3 Å². The highest BCUT2D eigenvalue weighted by Gasteiger charge is 2.67. The number of hydrogen-bond donors (Lipinski definition) is 1. The van der Waals surface area contributed by atoms with Crippen LogP contribution < -0.4 is 0 Å². The van der Waals surface area contributed by atoms with E-state index in [1.807, 2.05) is 20.8 Å². The zero-order valence-corrected chi connectivity index (χ0v) is 17.6. The van der Waals surface area contributed by atoms with E-state index in [1.54, 1.807) is 6.08 Å². The van der Waals surface area contributed by atoms with Gasteiger partial charge in [0.2, 0.25) is 0 Å². The zero-order chi connectivity index (χ0) is 21.0. The van der Waals surface area contributed by atoms with Crippen LogP contribution in [-0.2, 0) is 23.9 Å². The number of aliphatic carboxylic acids is 1. The summed E-state index contributed by atoms with van der Waals surface area (Å²) in [7, 11) is 0. The minimum atomic E-state index is -0.877. The number of ether oxygens (including phenoxy) is 2. The first-order valence-electron chi connectivity index (χ1n) is 10.2.